The average molecular weight is 720 g/mol. The number of rotatable bonds is 6. The Kier molecular flexibility index (Phi) is 7.39. The van der Waals surface area contributed by atoms with Crippen molar-refractivity contribution in [3.05, 3.63) is 200 Å². The maximum absolute atomic E-state index is 6.27. The van der Waals surface area contributed by atoms with Gasteiger partial charge in [-0.2, -0.15) is 0 Å². The van der Waals surface area contributed by atoms with Crippen LogP contribution in [-0.4, -0.2) is 0 Å². The Balaban J connectivity index is 1.08. The normalized spacial score (nSPS) is 11.6. The summed E-state index contributed by atoms with van der Waals surface area (Å²) in [6, 6.07) is 72.3. The lowest BCUT2D eigenvalue weighted by Crippen LogP contribution is -2.11. The fourth-order valence-corrected chi connectivity index (χ4v) is 9.43. The topological polar surface area (TPSA) is 16.4 Å². The van der Waals surface area contributed by atoms with Gasteiger partial charge in [0.2, 0.25) is 0 Å². The van der Waals surface area contributed by atoms with Crippen LogP contribution in [0.5, 0.6) is 0 Å². The molecular weight excluding hydrogens is 687 g/mol. The number of hydrogen-bond donors (Lipinski definition) is 0. The highest BCUT2D eigenvalue weighted by molar-refractivity contribution is 7.26. The van der Waals surface area contributed by atoms with Gasteiger partial charge in [-0.25, -0.2) is 0 Å². The van der Waals surface area contributed by atoms with Crippen LogP contribution in [0, 0.1) is 0 Å². The highest BCUT2D eigenvalue weighted by atomic mass is 32.1. The van der Waals surface area contributed by atoms with Gasteiger partial charge in [-0.1, -0.05) is 140 Å². The molecule has 0 aliphatic heterocycles. The third kappa shape index (κ3) is 5.32. The third-order valence-electron chi connectivity index (χ3n) is 10.9. The number of hydrogen-bond acceptors (Lipinski definition) is 3. The van der Waals surface area contributed by atoms with Gasteiger partial charge in [-0.05, 0) is 99.3 Å². The van der Waals surface area contributed by atoms with Gasteiger partial charge in [0.25, 0.3) is 0 Å². The van der Waals surface area contributed by atoms with Gasteiger partial charge in [0.1, 0.15) is 11.2 Å². The van der Waals surface area contributed by atoms with Crippen molar-refractivity contribution in [2.75, 3.05) is 4.90 Å². The minimum absolute atomic E-state index is 0.903. The van der Waals surface area contributed by atoms with Gasteiger partial charge in [0, 0.05) is 42.2 Å². The Morgan fingerprint density at radius 2 is 0.982 bits per heavy atom. The Labute approximate surface area is 322 Å². The zero-order valence-electron chi connectivity index (χ0n) is 29.8. The molecule has 0 aliphatic carbocycles. The molecule has 0 amide bonds. The van der Waals surface area contributed by atoms with E-state index in [0.717, 1.165) is 50.1 Å². The lowest BCUT2D eigenvalue weighted by molar-refractivity contribution is 0.669. The first kappa shape index (κ1) is 31.6. The first-order valence-corrected chi connectivity index (χ1v) is 19.5. The summed E-state index contributed by atoms with van der Waals surface area (Å²) in [4.78, 5) is 2.45. The highest BCUT2D eigenvalue weighted by Crippen LogP contribution is 2.48. The number of thiophene rings is 1. The summed E-state index contributed by atoms with van der Waals surface area (Å²) in [6.07, 6.45) is 0. The second-order valence-corrected chi connectivity index (χ2v) is 15.1. The van der Waals surface area contributed by atoms with E-state index >= 15 is 0 Å². The molecule has 0 N–H and O–H groups in total. The minimum Gasteiger partial charge on any atom is -0.456 e. The molecule has 2 heterocycles. The lowest BCUT2D eigenvalue weighted by Gasteiger charge is -2.29. The number of fused-ring (bicyclic) bond motifs is 7. The molecule has 9 aromatic carbocycles. The molecule has 0 spiro atoms. The standard InChI is InChI=1S/C52H33NOS/c1-2-16-40-35(12-1)13-10-20-41(40)37-14-9-15-38(32-37)42-17-3-6-21-46(42)53(47-22-11-25-51-52(47)45-19-5-8-24-50(45)55-51)39-29-26-34(27-30-39)36-28-31-44-43-18-4-7-23-48(43)54-49(44)33-36/h1-33H. The summed E-state index contributed by atoms with van der Waals surface area (Å²) < 4.78 is 8.83. The molecule has 0 atom stereocenters. The zero-order valence-corrected chi connectivity index (χ0v) is 30.6. The quantitative estimate of drug-likeness (QED) is 0.170. The van der Waals surface area contributed by atoms with E-state index in [-0.39, 0.29) is 0 Å². The number of anilines is 3. The molecule has 0 aliphatic rings. The molecule has 11 aromatic rings. The van der Waals surface area contributed by atoms with E-state index < -0.39 is 0 Å². The van der Waals surface area contributed by atoms with Crippen molar-refractivity contribution < 1.29 is 4.42 Å². The van der Waals surface area contributed by atoms with Crippen molar-refractivity contribution in [1.82, 2.24) is 0 Å². The smallest absolute Gasteiger partial charge is 0.136 e. The number of furan rings is 1. The predicted octanol–water partition coefficient (Wildman–Crippen LogP) is 15.6. The molecule has 0 saturated carbocycles. The molecule has 11 rings (SSSR count). The summed E-state index contributed by atoms with van der Waals surface area (Å²) >= 11 is 1.85. The average Bonchev–Trinajstić information content (AvgIpc) is 3.83. The van der Waals surface area contributed by atoms with Gasteiger partial charge in [-0.15, -0.1) is 11.3 Å². The molecule has 2 nitrogen and oxygen atoms in total. The summed E-state index contributed by atoms with van der Waals surface area (Å²) in [5, 5.41) is 7.32. The van der Waals surface area contributed by atoms with Crippen LogP contribution in [0.3, 0.4) is 0 Å². The molecule has 3 heteroatoms. The SMILES string of the molecule is c1cc(-c2ccccc2N(c2ccc(-c3ccc4c(c3)oc3ccccc34)cc2)c2cccc3sc4ccccc4c23)cc(-c2cccc3ccccc23)c1. The van der Waals surface area contributed by atoms with Gasteiger partial charge in [0.15, 0.2) is 0 Å². The molecule has 0 radical (unpaired) electrons. The van der Waals surface area contributed by atoms with Crippen molar-refractivity contribution in [1.29, 1.82) is 0 Å². The van der Waals surface area contributed by atoms with Gasteiger partial charge in [0.05, 0.1) is 11.4 Å². The molecule has 0 fully saturated rings. The number of nitrogens with zero attached hydrogens (tertiary/aromatic N) is 1. The Morgan fingerprint density at radius 1 is 0.364 bits per heavy atom. The van der Waals surface area contributed by atoms with Crippen molar-refractivity contribution in [3.8, 4) is 33.4 Å². The lowest BCUT2D eigenvalue weighted by atomic mass is 9.94. The van der Waals surface area contributed by atoms with Crippen LogP contribution in [0.15, 0.2) is 205 Å². The zero-order chi connectivity index (χ0) is 36.3. The van der Waals surface area contributed by atoms with E-state index in [1.165, 1.54) is 53.2 Å². The molecule has 0 saturated heterocycles. The van der Waals surface area contributed by atoms with Crippen LogP contribution < -0.4 is 4.90 Å². The summed E-state index contributed by atoms with van der Waals surface area (Å²) in [5.74, 6) is 0. The summed E-state index contributed by atoms with van der Waals surface area (Å²) in [5.41, 5.74) is 12.2. The van der Waals surface area contributed by atoms with Crippen molar-refractivity contribution in [2.45, 2.75) is 0 Å². The van der Waals surface area contributed by atoms with Gasteiger partial charge >= 0.3 is 0 Å². The van der Waals surface area contributed by atoms with Gasteiger partial charge in [-0.3, -0.25) is 0 Å². The van der Waals surface area contributed by atoms with Gasteiger partial charge < -0.3 is 9.32 Å². The summed E-state index contributed by atoms with van der Waals surface area (Å²) in [7, 11) is 0. The van der Waals surface area contributed by atoms with E-state index in [2.05, 4.69) is 193 Å². The number of para-hydroxylation sites is 2. The second-order valence-electron chi connectivity index (χ2n) is 14.1. The molecule has 55 heavy (non-hydrogen) atoms. The van der Waals surface area contributed by atoms with E-state index in [1.807, 2.05) is 23.5 Å². The second kappa shape index (κ2) is 12.9. The van der Waals surface area contributed by atoms with E-state index in [0.29, 0.717) is 0 Å². The molecule has 258 valence electrons. The minimum atomic E-state index is 0.903. The van der Waals surface area contributed by atoms with Crippen LogP contribution in [0.4, 0.5) is 17.1 Å². The van der Waals surface area contributed by atoms with E-state index in [1.54, 1.807) is 0 Å². The molecule has 0 bridgehead atoms. The van der Waals surface area contributed by atoms with Crippen LogP contribution in [0.2, 0.25) is 0 Å². The van der Waals surface area contributed by atoms with Crippen LogP contribution in [0.1, 0.15) is 0 Å². The van der Waals surface area contributed by atoms with Crippen molar-refractivity contribution in [3.63, 3.8) is 0 Å². The number of benzene rings is 9. The third-order valence-corrected chi connectivity index (χ3v) is 12.0. The monoisotopic (exact) mass is 719 g/mol. The van der Waals surface area contributed by atoms with E-state index in [4.69, 9.17) is 4.42 Å². The van der Waals surface area contributed by atoms with Crippen molar-refractivity contribution >= 4 is 81.3 Å². The molecule has 0 unspecified atom stereocenters. The Morgan fingerprint density at radius 3 is 1.89 bits per heavy atom. The molecular formula is C52H33NOS. The van der Waals surface area contributed by atoms with Crippen LogP contribution >= 0.6 is 11.3 Å². The fraction of sp³-hybridized carbons (Fsp3) is 0. The predicted molar refractivity (Wildman–Crippen MR) is 235 cm³/mol. The fourth-order valence-electron chi connectivity index (χ4n) is 8.30. The highest BCUT2D eigenvalue weighted by Gasteiger charge is 2.22. The maximum Gasteiger partial charge on any atom is 0.136 e. The van der Waals surface area contributed by atoms with Crippen LogP contribution in [-0.2, 0) is 0 Å². The summed E-state index contributed by atoms with van der Waals surface area (Å²) in [6.45, 7) is 0. The maximum atomic E-state index is 6.27. The Bertz CT molecular complexity index is 3220. The van der Waals surface area contributed by atoms with E-state index in [9.17, 15) is 0 Å². The molecule has 2 aromatic heterocycles. The largest absolute Gasteiger partial charge is 0.456 e. The first-order chi connectivity index (χ1) is 27.3. The van der Waals surface area contributed by atoms with Crippen molar-refractivity contribution in [2.24, 2.45) is 0 Å². The van der Waals surface area contributed by atoms with Crippen LogP contribution in [0.25, 0.3) is 86.3 Å². The Hall–Kier alpha value is -6.94. The first-order valence-electron chi connectivity index (χ1n) is 18.7.